The number of hydrogen-bond acceptors (Lipinski definition) is 9. The van der Waals surface area contributed by atoms with Gasteiger partial charge in [-0.2, -0.15) is 0 Å². The molecule has 2 aromatic rings. The maximum Gasteiger partial charge on any atom is 0.255 e. The molecule has 0 aliphatic heterocycles. The number of Topliss-reactive ketones (excluding diaryl/α,β-unsaturated/α-hetero) is 2. The highest BCUT2D eigenvalue weighted by Crippen LogP contribution is 2.53. The third kappa shape index (κ3) is 3.32. The predicted molar refractivity (Wildman–Crippen MR) is 132 cm³/mol. The number of aryl methyl sites for hydroxylation is 1. The van der Waals surface area contributed by atoms with E-state index in [0.29, 0.717) is 16.8 Å². The van der Waals surface area contributed by atoms with E-state index in [0.717, 1.165) is 5.69 Å². The Labute approximate surface area is 212 Å². The molecular formula is C27H27N3O7. The lowest BCUT2D eigenvalue weighted by atomic mass is 9.57. The number of amides is 1. The van der Waals surface area contributed by atoms with Crippen LogP contribution < -0.4 is 5.73 Å². The zero-order valence-electron chi connectivity index (χ0n) is 20.5. The highest BCUT2D eigenvalue weighted by atomic mass is 16.3. The minimum atomic E-state index is -2.66. The second-order valence-corrected chi connectivity index (χ2v) is 10.1. The Hall–Kier alpha value is -4.02. The summed E-state index contributed by atoms with van der Waals surface area (Å²) in [5.41, 5.74) is 4.34. The molecule has 3 aliphatic carbocycles. The molecule has 1 unspecified atom stereocenters. The van der Waals surface area contributed by atoms with Gasteiger partial charge in [0.05, 0.1) is 17.3 Å². The van der Waals surface area contributed by atoms with E-state index >= 15 is 0 Å². The van der Waals surface area contributed by atoms with Crippen molar-refractivity contribution in [1.29, 1.82) is 0 Å². The summed E-state index contributed by atoms with van der Waals surface area (Å²) < 4.78 is 0. The van der Waals surface area contributed by atoms with Gasteiger partial charge in [-0.25, -0.2) is 0 Å². The molecule has 1 amide bonds. The standard InChI is InChI=1S/C27H27N3O7/c1-11-5-4-6-16(29-11)13-7-8-17(31)19-14(13)9-12-10-15-21(30(2)3)23(33)20(26(28)36)25(35)27(15,37)24(34)18(12)22(19)32/h4-8,12,15,21,31-32,35,37H,9-10H2,1-3H3,(H2,28,36)/t12-,15-,21?,27-/m1/s1. The van der Waals surface area contributed by atoms with Gasteiger partial charge in [0.2, 0.25) is 5.78 Å². The van der Waals surface area contributed by atoms with Gasteiger partial charge in [-0.3, -0.25) is 24.3 Å². The van der Waals surface area contributed by atoms with Crippen LogP contribution in [0.4, 0.5) is 0 Å². The SMILES string of the molecule is Cc1cccc(-c2ccc(O)c3c2C[C@@H]2C[C@@H]4C(N(C)C)C(=O)C(C(N)=O)=C(O)[C@]4(O)C(=O)C2=C3O)n1. The second kappa shape index (κ2) is 8.25. The van der Waals surface area contributed by atoms with Crippen molar-refractivity contribution in [2.75, 3.05) is 14.1 Å². The maximum atomic E-state index is 13.9. The van der Waals surface area contributed by atoms with E-state index in [4.69, 9.17) is 5.73 Å². The van der Waals surface area contributed by atoms with Gasteiger partial charge in [0.1, 0.15) is 22.8 Å². The van der Waals surface area contributed by atoms with Crippen molar-refractivity contribution in [2.24, 2.45) is 17.6 Å². The number of primary amides is 1. The fourth-order valence-electron chi connectivity index (χ4n) is 6.18. The Kier molecular flexibility index (Phi) is 5.50. The highest BCUT2D eigenvalue weighted by Gasteiger charge is 2.64. The molecule has 0 spiro atoms. The van der Waals surface area contributed by atoms with E-state index in [-0.39, 0.29) is 29.7 Å². The number of aromatic hydroxyl groups is 1. The molecule has 1 heterocycles. The van der Waals surface area contributed by atoms with E-state index in [2.05, 4.69) is 4.98 Å². The molecule has 0 radical (unpaired) electrons. The molecule has 10 nitrogen and oxygen atoms in total. The summed E-state index contributed by atoms with van der Waals surface area (Å²) in [6.45, 7) is 1.84. The first kappa shape index (κ1) is 24.7. The van der Waals surface area contributed by atoms with Crippen LogP contribution in [-0.2, 0) is 20.8 Å². The Morgan fingerprint density at radius 3 is 2.46 bits per heavy atom. The molecule has 6 N–H and O–H groups in total. The summed E-state index contributed by atoms with van der Waals surface area (Å²) in [7, 11) is 3.12. The van der Waals surface area contributed by atoms with Crippen LogP contribution in [0.3, 0.4) is 0 Å². The van der Waals surface area contributed by atoms with E-state index in [1.165, 1.54) is 11.0 Å². The number of rotatable bonds is 3. The van der Waals surface area contributed by atoms with Gasteiger partial charge in [0.25, 0.3) is 5.91 Å². The number of nitrogens with two attached hydrogens (primary N) is 1. The van der Waals surface area contributed by atoms with Gasteiger partial charge in [0, 0.05) is 22.7 Å². The number of aromatic nitrogens is 1. The summed E-state index contributed by atoms with van der Waals surface area (Å²) in [6, 6.07) is 7.44. The van der Waals surface area contributed by atoms with Crippen LogP contribution in [0.25, 0.3) is 17.0 Å². The molecule has 192 valence electrons. The number of pyridine rings is 1. The van der Waals surface area contributed by atoms with Crippen LogP contribution in [-0.4, -0.2) is 73.5 Å². The summed E-state index contributed by atoms with van der Waals surface area (Å²) in [5, 5.41) is 44.6. The first-order valence-corrected chi connectivity index (χ1v) is 11.8. The number of likely N-dealkylation sites (N-methyl/N-ethyl adjacent to an activating group) is 1. The molecule has 10 heteroatoms. The number of nitrogens with zero attached hydrogens (tertiary/aromatic N) is 2. The van der Waals surface area contributed by atoms with Gasteiger partial charge in [0.15, 0.2) is 11.4 Å². The Balaban J connectivity index is 1.75. The van der Waals surface area contributed by atoms with Crippen LogP contribution in [0.5, 0.6) is 5.75 Å². The maximum absolute atomic E-state index is 13.9. The average Bonchev–Trinajstić information content (AvgIpc) is 2.81. The van der Waals surface area contributed by atoms with Crippen LogP contribution in [0, 0.1) is 18.8 Å². The number of fused-ring (bicyclic) bond motifs is 3. The lowest BCUT2D eigenvalue weighted by Crippen LogP contribution is -2.65. The van der Waals surface area contributed by atoms with Crippen molar-refractivity contribution in [3.05, 3.63) is 64.1 Å². The van der Waals surface area contributed by atoms with Gasteiger partial charge in [-0.1, -0.05) is 6.07 Å². The smallest absolute Gasteiger partial charge is 0.255 e. The summed E-state index contributed by atoms with van der Waals surface area (Å²) in [4.78, 5) is 45.1. The monoisotopic (exact) mass is 505 g/mol. The number of aliphatic hydroxyl groups is 3. The molecule has 4 atom stereocenters. The molecule has 5 rings (SSSR count). The fourth-order valence-corrected chi connectivity index (χ4v) is 6.18. The lowest BCUT2D eigenvalue weighted by Gasteiger charge is -2.50. The molecule has 1 aromatic heterocycles. The van der Waals surface area contributed by atoms with E-state index in [1.807, 2.05) is 19.1 Å². The third-order valence-electron chi connectivity index (χ3n) is 7.77. The van der Waals surface area contributed by atoms with Crippen molar-refractivity contribution in [2.45, 2.75) is 31.4 Å². The van der Waals surface area contributed by atoms with Crippen LogP contribution in [0.1, 0.15) is 23.2 Å². The molecule has 1 aromatic carbocycles. The number of phenolic OH excluding ortho intramolecular Hbond substituents is 1. The number of hydrogen-bond donors (Lipinski definition) is 5. The van der Waals surface area contributed by atoms with Crippen molar-refractivity contribution < 1.29 is 34.8 Å². The van der Waals surface area contributed by atoms with Crippen molar-refractivity contribution in [1.82, 2.24) is 9.88 Å². The number of phenols is 1. The van der Waals surface area contributed by atoms with Crippen molar-refractivity contribution >= 4 is 23.2 Å². The molecule has 37 heavy (non-hydrogen) atoms. The molecule has 0 saturated heterocycles. The largest absolute Gasteiger partial charge is 0.508 e. The number of carbonyl (C=O) groups is 3. The lowest BCUT2D eigenvalue weighted by molar-refractivity contribution is -0.153. The summed E-state index contributed by atoms with van der Waals surface area (Å²) in [6.07, 6.45) is 0.232. The molecular weight excluding hydrogens is 478 g/mol. The average molecular weight is 506 g/mol. The van der Waals surface area contributed by atoms with Crippen molar-refractivity contribution in [3.63, 3.8) is 0 Å². The van der Waals surface area contributed by atoms with E-state index in [9.17, 15) is 34.8 Å². The van der Waals surface area contributed by atoms with Gasteiger partial charge < -0.3 is 26.2 Å². The normalized spacial score (nSPS) is 27.2. The fraction of sp³-hybridized carbons (Fsp3) is 0.333. The number of benzene rings is 1. The molecule has 0 bridgehead atoms. The van der Waals surface area contributed by atoms with Gasteiger partial charge in [-0.15, -0.1) is 0 Å². The number of ketones is 2. The van der Waals surface area contributed by atoms with Gasteiger partial charge in [-0.05, 0) is 69.6 Å². The molecule has 3 aliphatic rings. The van der Waals surface area contributed by atoms with Gasteiger partial charge >= 0.3 is 0 Å². The number of aliphatic hydroxyl groups excluding tert-OH is 2. The van der Waals surface area contributed by atoms with Crippen molar-refractivity contribution in [3.8, 4) is 17.0 Å². The van der Waals surface area contributed by atoms with Crippen LogP contribution in [0.15, 0.2) is 47.2 Å². The highest BCUT2D eigenvalue weighted by molar-refractivity contribution is 6.24. The Bertz CT molecular complexity index is 1460. The minimum absolute atomic E-state index is 0.0299. The predicted octanol–water partition coefficient (Wildman–Crippen LogP) is 1.33. The second-order valence-electron chi connectivity index (χ2n) is 10.1. The summed E-state index contributed by atoms with van der Waals surface area (Å²) >= 11 is 0. The van der Waals surface area contributed by atoms with Crippen LogP contribution in [0.2, 0.25) is 0 Å². The number of carbonyl (C=O) groups excluding carboxylic acids is 3. The Morgan fingerprint density at radius 2 is 1.84 bits per heavy atom. The quantitative estimate of drug-likeness (QED) is 0.386. The Morgan fingerprint density at radius 1 is 1.14 bits per heavy atom. The van der Waals surface area contributed by atoms with Crippen LogP contribution >= 0.6 is 0 Å². The zero-order valence-corrected chi connectivity index (χ0v) is 20.5. The third-order valence-corrected chi connectivity index (χ3v) is 7.77. The molecule has 1 fully saturated rings. The molecule has 1 saturated carbocycles. The zero-order chi connectivity index (χ0) is 27.0. The first-order valence-electron chi connectivity index (χ1n) is 11.8. The first-order chi connectivity index (χ1) is 17.4. The summed E-state index contributed by atoms with van der Waals surface area (Å²) in [5.74, 6) is -6.75. The minimum Gasteiger partial charge on any atom is -0.508 e. The van der Waals surface area contributed by atoms with E-state index < -0.39 is 58.0 Å². The van der Waals surface area contributed by atoms with E-state index in [1.54, 1.807) is 26.2 Å². The topological polar surface area (TPSA) is 174 Å².